The van der Waals surface area contributed by atoms with Gasteiger partial charge in [0.15, 0.2) is 0 Å². The molecule has 0 saturated heterocycles. The maximum absolute atomic E-state index is 6.34. The molecule has 0 spiro atoms. The van der Waals surface area contributed by atoms with Crippen LogP contribution in [0.2, 0.25) is 0 Å². The van der Waals surface area contributed by atoms with Gasteiger partial charge >= 0.3 is 0 Å². The summed E-state index contributed by atoms with van der Waals surface area (Å²) in [5.41, 5.74) is 8.04. The molecule has 302 valence electrons. The number of benzene rings is 6. The van der Waals surface area contributed by atoms with Crippen LogP contribution < -0.4 is 0 Å². The second-order valence-electron chi connectivity index (χ2n) is 13.2. The summed E-state index contributed by atoms with van der Waals surface area (Å²) < 4.78 is 8.54. The number of rotatable bonds is 5. The maximum Gasteiger partial charge on any atom is 0.235 e. The Kier molecular flexibility index (Phi) is 17.6. The van der Waals surface area contributed by atoms with Crippen LogP contribution in [0.1, 0.15) is 69.2 Å². The Balaban J connectivity index is 0.000000392. The number of furan rings is 1. The molecule has 59 heavy (non-hydrogen) atoms. The summed E-state index contributed by atoms with van der Waals surface area (Å²) in [6, 6.07) is 46.4. The van der Waals surface area contributed by atoms with E-state index in [9.17, 15) is 0 Å². The Morgan fingerprint density at radius 2 is 1.24 bits per heavy atom. The van der Waals surface area contributed by atoms with E-state index >= 15 is 0 Å². The van der Waals surface area contributed by atoms with E-state index in [1.54, 1.807) is 6.08 Å². The van der Waals surface area contributed by atoms with Gasteiger partial charge in [-0.2, -0.15) is 0 Å². The van der Waals surface area contributed by atoms with Crippen LogP contribution >= 0.6 is 0 Å². The Hall–Kier alpha value is -6.52. The summed E-state index contributed by atoms with van der Waals surface area (Å²) in [6.07, 6.45) is 11.7. The number of nitrogens with zero attached hydrogens (tertiary/aromatic N) is 3. The number of fused-ring (bicyclic) bond motifs is 8. The van der Waals surface area contributed by atoms with Gasteiger partial charge in [0.25, 0.3) is 0 Å². The first-order valence-corrected chi connectivity index (χ1v) is 21.1. The standard InChI is InChI=1S/C38H23N3O.C7H12.C4H8.3C2H6/c1-2-12-27-24(9-1)19-20-31-29-13-3-5-17-34(29)41(36(27)31)38-39-22-21-33(40-38)26-11-7-10-25(23-26)28-15-8-16-32-30-14-4-6-18-35(30)42-37(28)32;1-4-5-6-7(2)3;1-3-4-2;3*1-2/h1-23H;4-7H,1H2,2-3H3;3-4H,1-2H3;3*1-2H3/b;6-5-;4-3-;;;. The fraction of sp³-hybridized carbons (Fsp3) is 0.200. The van der Waals surface area contributed by atoms with E-state index in [-0.39, 0.29) is 0 Å². The predicted octanol–water partition coefficient (Wildman–Crippen LogP) is 17.0. The van der Waals surface area contributed by atoms with Gasteiger partial charge in [-0.05, 0) is 55.0 Å². The highest BCUT2D eigenvalue weighted by Crippen LogP contribution is 2.38. The minimum atomic E-state index is 0.651. The summed E-state index contributed by atoms with van der Waals surface area (Å²) in [7, 11) is 0. The Labute approximate surface area is 352 Å². The smallest absolute Gasteiger partial charge is 0.235 e. The van der Waals surface area contributed by atoms with Crippen LogP contribution in [0.5, 0.6) is 0 Å². The van der Waals surface area contributed by atoms with Crippen LogP contribution in [0.15, 0.2) is 181 Å². The largest absolute Gasteiger partial charge is 0.455 e. The minimum absolute atomic E-state index is 0.651. The fourth-order valence-corrected chi connectivity index (χ4v) is 6.68. The molecule has 0 saturated carbocycles. The monoisotopic (exact) mass is 779 g/mol. The molecule has 0 radical (unpaired) electrons. The van der Waals surface area contributed by atoms with Crippen molar-refractivity contribution in [2.75, 3.05) is 0 Å². The quantitative estimate of drug-likeness (QED) is 0.129. The summed E-state index contributed by atoms with van der Waals surface area (Å²) in [6.45, 7) is 23.8. The van der Waals surface area contributed by atoms with Crippen LogP contribution in [0, 0.1) is 5.92 Å². The summed E-state index contributed by atoms with van der Waals surface area (Å²) in [4.78, 5) is 9.95. The van der Waals surface area contributed by atoms with E-state index in [4.69, 9.17) is 14.4 Å². The summed E-state index contributed by atoms with van der Waals surface area (Å²) in [5.74, 6) is 1.30. The van der Waals surface area contributed by atoms with E-state index < -0.39 is 0 Å². The summed E-state index contributed by atoms with van der Waals surface area (Å²) >= 11 is 0. The Morgan fingerprint density at radius 1 is 0.610 bits per heavy atom. The highest BCUT2D eigenvalue weighted by atomic mass is 16.3. The van der Waals surface area contributed by atoms with Gasteiger partial charge in [0, 0.05) is 44.3 Å². The molecule has 0 bridgehead atoms. The van der Waals surface area contributed by atoms with Crippen LogP contribution in [-0.2, 0) is 0 Å². The first kappa shape index (κ1) is 45.2. The molecule has 0 atom stereocenters. The molecule has 0 amide bonds. The Morgan fingerprint density at radius 3 is 1.93 bits per heavy atom. The van der Waals surface area contributed by atoms with Crippen LogP contribution in [0.4, 0.5) is 0 Å². The molecule has 3 heterocycles. The van der Waals surface area contributed by atoms with Crippen molar-refractivity contribution in [3.05, 3.63) is 177 Å². The van der Waals surface area contributed by atoms with Gasteiger partial charge in [-0.3, -0.25) is 4.57 Å². The third-order valence-electron chi connectivity index (χ3n) is 9.24. The molecule has 4 nitrogen and oxygen atoms in total. The van der Waals surface area contributed by atoms with Crippen LogP contribution in [0.3, 0.4) is 0 Å². The molecule has 9 rings (SSSR count). The Bertz CT molecular complexity index is 2760. The second kappa shape index (κ2) is 23.0. The first-order valence-electron chi connectivity index (χ1n) is 21.1. The lowest BCUT2D eigenvalue weighted by Gasteiger charge is -2.10. The van der Waals surface area contributed by atoms with Gasteiger partial charge in [0.05, 0.1) is 16.7 Å². The van der Waals surface area contributed by atoms with Crippen LogP contribution in [0.25, 0.3) is 82.8 Å². The van der Waals surface area contributed by atoms with Gasteiger partial charge in [0.1, 0.15) is 11.2 Å². The number of hydrogen-bond donors (Lipinski definition) is 0. The van der Waals surface area contributed by atoms with Crippen molar-refractivity contribution in [3.8, 4) is 28.3 Å². The van der Waals surface area contributed by atoms with Crippen molar-refractivity contribution in [3.63, 3.8) is 0 Å². The normalized spacial score (nSPS) is 10.6. The van der Waals surface area contributed by atoms with Crippen LogP contribution in [-0.4, -0.2) is 14.5 Å². The van der Waals surface area contributed by atoms with Gasteiger partial charge in [-0.1, -0.05) is 202 Å². The van der Waals surface area contributed by atoms with Gasteiger partial charge in [-0.15, -0.1) is 0 Å². The molecule has 0 aliphatic carbocycles. The molecule has 0 N–H and O–H groups in total. The average Bonchev–Trinajstić information content (AvgIpc) is 3.87. The van der Waals surface area contributed by atoms with Gasteiger partial charge in [-0.25, -0.2) is 9.97 Å². The third-order valence-corrected chi connectivity index (χ3v) is 9.24. The zero-order chi connectivity index (χ0) is 42.7. The van der Waals surface area contributed by atoms with Crippen molar-refractivity contribution in [1.82, 2.24) is 14.5 Å². The van der Waals surface area contributed by atoms with Gasteiger partial charge in [0.2, 0.25) is 5.95 Å². The van der Waals surface area contributed by atoms with Crippen molar-refractivity contribution < 1.29 is 4.42 Å². The van der Waals surface area contributed by atoms with Crippen molar-refractivity contribution in [2.24, 2.45) is 5.92 Å². The number of hydrogen-bond acceptors (Lipinski definition) is 3. The second-order valence-corrected chi connectivity index (χ2v) is 13.2. The first-order chi connectivity index (χ1) is 29.0. The molecule has 0 fully saturated rings. The van der Waals surface area contributed by atoms with E-state index in [2.05, 4.69) is 146 Å². The predicted molar refractivity (Wildman–Crippen MR) is 261 cm³/mol. The highest BCUT2D eigenvalue weighted by molar-refractivity contribution is 6.18. The molecule has 9 aromatic rings. The zero-order valence-corrected chi connectivity index (χ0v) is 36.7. The highest BCUT2D eigenvalue weighted by Gasteiger charge is 2.17. The molecule has 6 aromatic carbocycles. The van der Waals surface area contributed by atoms with Crippen molar-refractivity contribution in [1.29, 1.82) is 0 Å². The average molecular weight is 780 g/mol. The van der Waals surface area contributed by atoms with E-state index in [0.717, 1.165) is 55.4 Å². The molecule has 4 heteroatoms. The lowest BCUT2D eigenvalue weighted by molar-refractivity contribution is 0.670. The fourth-order valence-electron chi connectivity index (χ4n) is 6.68. The molecule has 0 unspecified atom stereocenters. The topological polar surface area (TPSA) is 43.9 Å². The van der Waals surface area contributed by atoms with Gasteiger partial charge < -0.3 is 4.42 Å². The molecule has 3 aromatic heterocycles. The number of para-hydroxylation sites is 3. The minimum Gasteiger partial charge on any atom is -0.455 e. The van der Waals surface area contributed by atoms with Crippen molar-refractivity contribution >= 4 is 54.5 Å². The molecule has 0 aliphatic heterocycles. The molecular formula is C55H61N3O. The molecular weight excluding hydrogens is 719 g/mol. The van der Waals surface area contributed by atoms with E-state index in [1.807, 2.05) is 98.0 Å². The third kappa shape index (κ3) is 10.3. The summed E-state index contributed by atoms with van der Waals surface area (Å²) in [5, 5.41) is 7.01. The maximum atomic E-state index is 6.34. The lowest BCUT2D eigenvalue weighted by atomic mass is 9.99. The van der Waals surface area contributed by atoms with Crippen molar-refractivity contribution in [2.45, 2.75) is 69.2 Å². The number of aromatic nitrogens is 3. The zero-order valence-electron chi connectivity index (χ0n) is 36.7. The van der Waals surface area contributed by atoms with E-state index in [0.29, 0.717) is 11.9 Å². The lowest BCUT2D eigenvalue weighted by Crippen LogP contribution is -2.02. The number of allylic oxidation sites excluding steroid dienone is 5. The molecule has 0 aliphatic rings. The SMILES string of the molecule is C/C=C\C.C=C/C=C\C(C)C.CC.CC.CC.c1cc(-c2ccnc(-n3c4ccccc4c4ccc5ccccc5c43)n2)cc(-c2cccc3c2oc2ccccc23)c1. The van der Waals surface area contributed by atoms with E-state index in [1.165, 1.54) is 21.5 Å².